The summed E-state index contributed by atoms with van der Waals surface area (Å²) in [5, 5.41) is 0. The number of carbonyl (C=O) groups is 1. The van der Waals surface area contributed by atoms with Crippen LogP contribution in [0.1, 0.15) is 24.2 Å². The number of ketones is 1. The first-order valence-electron chi connectivity index (χ1n) is 8.76. The number of hydrogen-bond donors (Lipinski definition) is 0. The lowest BCUT2D eigenvalue weighted by atomic mass is 9.58. The van der Waals surface area contributed by atoms with Crippen molar-refractivity contribution >= 4 is 5.78 Å². The lowest BCUT2D eigenvalue weighted by Gasteiger charge is -2.65. The third kappa shape index (κ3) is 1.77. The maximum Gasteiger partial charge on any atom is 0.154 e. The summed E-state index contributed by atoms with van der Waals surface area (Å²) >= 11 is 0. The molecule has 2 unspecified atom stereocenters. The van der Waals surface area contributed by atoms with E-state index in [2.05, 4.69) is 71.3 Å². The van der Waals surface area contributed by atoms with Gasteiger partial charge in [0.15, 0.2) is 5.78 Å². The van der Waals surface area contributed by atoms with Crippen LogP contribution in [0, 0.1) is 5.41 Å². The summed E-state index contributed by atoms with van der Waals surface area (Å²) in [6.07, 6.45) is 0.309. The molecule has 4 fully saturated rings. The lowest BCUT2D eigenvalue weighted by Crippen LogP contribution is -2.77. The van der Waals surface area contributed by atoms with Crippen molar-refractivity contribution in [3.63, 3.8) is 0 Å². The molecule has 4 saturated heterocycles. The van der Waals surface area contributed by atoms with Gasteiger partial charge in [0.05, 0.1) is 17.0 Å². The minimum absolute atomic E-state index is 0.252. The Morgan fingerprint density at radius 1 is 0.833 bits per heavy atom. The number of nitrogens with zero attached hydrogens (tertiary/aromatic N) is 2. The molecule has 2 aromatic carbocycles. The quantitative estimate of drug-likeness (QED) is 0.851. The monoisotopic (exact) mass is 318 g/mol. The topological polar surface area (TPSA) is 23.6 Å². The first-order valence-corrected chi connectivity index (χ1v) is 8.76. The SMILES string of the molecule is CC12CN3CC(c4ccccc4)(CN(C1)C3c1ccccc1)C2=O. The molecule has 3 nitrogen and oxygen atoms in total. The molecular formula is C21H22N2O. The average molecular weight is 318 g/mol. The molecule has 122 valence electrons. The predicted octanol–water partition coefficient (Wildman–Crippen LogP) is 2.84. The third-order valence-electron chi connectivity index (χ3n) is 6.15. The van der Waals surface area contributed by atoms with E-state index >= 15 is 0 Å². The van der Waals surface area contributed by atoms with E-state index in [1.165, 1.54) is 11.1 Å². The molecule has 4 aliphatic rings. The zero-order chi connectivity index (χ0) is 16.4. The van der Waals surface area contributed by atoms with Gasteiger partial charge in [-0.05, 0) is 11.1 Å². The molecular weight excluding hydrogens is 296 g/mol. The van der Waals surface area contributed by atoms with Crippen LogP contribution in [0.2, 0.25) is 0 Å². The van der Waals surface area contributed by atoms with E-state index in [4.69, 9.17) is 0 Å². The molecule has 0 N–H and O–H groups in total. The van der Waals surface area contributed by atoms with Crippen molar-refractivity contribution in [2.24, 2.45) is 5.41 Å². The molecule has 4 aliphatic heterocycles. The molecule has 24 heavy (non-hydrogen) atoms. The van der Waals surface area contributed by atoms with Crippen LogP contribution in [-0.4, -0.2) is 41.8 Å². The number of hydrogen-bond acceptors (Lipinski definition) is 3. The zero-order valence-corrected chi connectivity index (χ0v) is 14.0. The standard InChI is InChI=1S/C21H22N2O/c1-20-12-22-14-21(19(20)24,17-10-6-3-7-11-17)15-23(13-20)18(22)16-8-4-2-5-9-16/h2-11,18H,12-15H2,1H3. The van der Waals surface area contributed by atoms with E-state index in [1.807, 2.05) is 6.07 Å². The van der Waals surface area contributed by atoms with E-state index in [-0.39, 0.29) is 10.8 Å². The van der Waals surface area contributed by atoms with Gasteiger partial charge < -0.3 is 0 Å². The fourth-order valence-electron chi connectivity index (χ4n) is 5.36. The molecule has 4 heterocycles. The highest BCUT2D eigenvalue weighted by Gasteiger charge is 2.64. The van der Waals surface area contributed by atoms with Gasteiger partial charge in [0.1, 0.15) is 0 Å². The van der Waals surface area contributed by atoms with Gasteiger partial charge in [-0.25, -0.2) is 0 Å². The Hall–Kier alpha value is -1.97. The molecule has 0 aliphatic carbocycles. The Balaban J connectivity index is 1.62. The fraction of sp³-hybridized carbons (Fsp3) is 0.381. The van der Waals surface area contributed by atoms with Crippen molar-refractivity contribution in [3.05, 3.63) is 71.8 Å². The molecule has 0 amide bonds. The van der Waals surface area contributed by atoms with Gasteiger partial charge in [0.2, 0.25) is 0 Å². The van der Waals surface area contributed by atoms with Crippen LogP contribution in [0.25, 0.3) is 0 Å². The Morgan fingerprint density at radius 3 is 1.96 bits per heavy atom. The van der Waals surface area contributed by atoms with E-state index < -0.39 is 0 Å². The number of benzene rings is 2. The molecule has 0 radical (unpaired) electrons. The first-order chi connectivity index (χ1) is 11.6. The van der Waals surface area contributed by atoms with Gasteiger partial charge in [-0.2, -0.15) is 0 Å². The number of rotatable bonds is 2. The van der Waals surface area contributed by atoms with Gasteiger partial charge in [0.25, 0.3) is 0 Å². The van der Waals surface area contributed by atoms with Crippen LogP contribution < -0.4 is 0 Å². The summed E-state index contributed by atoms with van der Waals surface area (Å²) in [6, 6.07) is 21.1. The molecule has 4 bridgehead atoms. The minimum atomic E-state index is -0.363. The Morgan fingerprint density at radius 2 is 1.38 bits per heavy atom. The molecule has 0 saturated carbocycles. The molecule has 0 aromatic heterocycles. The fourth-order valence-corrected chi connectivity index (χ4v) is 5.36. The Labute approximate surface area is 142 Å². The summed E-state index contributed by atoms with van der Waals surface area (Å²) < 4.78 is 0. The van der Waals surface area contributed by atoms with Gasteiger partial charge >= 0.3 is 0 Å². The third-order valence-corrected chi connectivity index (χ3v) is 6.15. The Bertz CT molecular complexity index is 770. The predicted molar refractivity (Wildman–Crippen MR) is 93.6 cm³/mol. The first kappa shape index (κ1) is 14.4. The maximum absolute atomic E-state index is 13.4. The van der Waals surface area contributed by atoms with Crippen molar-refractivity contribution in [1.82, 2.24) is 9.80 Å². The normalized spacial score (nSPS) is 40.0. The van der Waals surface area contributed by atoms with Crippen molar-refractivity contribution in [2.45, 2.75) is 18.5 Å². The van der Waals surface area contributed by atoms with Gasteiger partial charge in [0, 0.05) is 26.2 Å². The second kappa shape index (κ2) is 4.78. The highest BCUT2D eigenvalue weighted by molar-refractivity contribution is 5.97. The summed E-state index contributed by atoms with van der Waals surface area (Å²) in [7, 11) is 0. The van der Waals surface area contributed by atoms with Crippen molar-refractivity contribution in [1.29, 1.82) is 0 Å². The van der Waals surface area contributed by atoms with Crippen LogP contribution in [-0.2, 0) is 10.2 Å². The van der Waals surface area contributed by atoms with Crippen LogP contribution in [0.5, 0.6) is 0 Å². The van der Waals surface area contributed by atoms with Crippen LogP contribution >= 0.6 is 0 Å². The molecule has 6 rings (SSSR count). The largest absolute Gasteiger partial charge is 0.298 e. The zero-order valence-electron chi connectivity index (χ0n) is 14.0. The highest BCUT2D eigenvalue weighted by Crippen LogP contribution is 2.52. The number of piperidine rings is 2. The van der Waals surface area contributed by atoms with E-state index in [1.54, 1.807) is 0 Å². The van der Waals surface area contributed by atoms with Crippen LogP contribution in [0.4, 0.5) is 0 Å². The smallest absolute Gasteiger partial charge is 0.154 e. The van der Waals surface area contributed by atoms with Crippen molar-refractivity contribution < 1.29 is 4.79 Å². The van der Waals surface area contributed by atoms with Gasteiger partial charge in [-0.3, -0.25) is 14.6 Å². The van der Waals surface area contributed by atoms with E-state index in [0.29, 0.717) is 11.9 Å². The summed E-state index contributed by atoms with van der Waals surface area (Å²) in [5.41, 5.74) is 1.91. The molecule has 3 heteroatoms. The summed E-state index contributed by atoms with van der Waals surface area (Å²) in [5.74, 6) is 0.445. The van der Waals surface area contributed by atoms with Gasteiger partial charge in [-0.1, -0.05) is 67.6 Å². The van der Waals surface area contributed by atoms with Gasteiger partial charge in [-0.15, -0.1) is 0 Å². The van der Waals surface area contributed by atoms with E-state index in [0.717, 1.165) is 26.2 Å². The lowest BCUT2D eigenvalue weighted by molar-refractivity contribution is -0.185. The number of carbonyl (C=O) groups excluding carboxylic acids is 1. The van der Waals surface area contributed by atoms with Crippen LogP contribution in [0.3, 0.4) is 0 Å². The van der Waals surface area contributed by atoms with Crippen LogP contribution in [0.15, 0.2) is 60.7 Å². The molecule has 2 aromatic rings. The maximum atomic E-state index is 13.4. The Kier molecular flexibility index (Phi) is 2.86. The molecule has 0 spiro atoms. The van der Waals surface area contributed by atoms with Crippen molar-refractivity contribution in [2.75, 3.05) is 26.2 Å². The summed E-state index contributed by atoms with van der Waals surface area (Å²) in [6.45, 7) is 5.57. The average Bonchev–Trinajstić information content (AvgIpc) is 2.60. The van der Waals surface area contributed by atoms with E-state index in [9.17, 15) is 4.79 Å². The summed E-state index contributed by atoms with van der Waals surface area (Å²) in [4.78, 5) is 18.5. The highest BCUT2D eigenvalue weighted by atomic mass is 16.1. The number of Topliss-reactive ketones (excluding diaryl/α,β-unsaturated/α-hetero) is 1. The van der Waals surface area contributed by atoms with Crippen molar-refractivity contribution in [3.8, 4) is 0 Å². The minimum Gasteiger partial charge on any atom is -0.298 e. The second-order valence-corrected chi connectivity index (χ2v) is 7.93. The second-order valence-electron chi connectivity index (χ2n) is 7.93. The molecule has 2 atom stereocenters.